The van der Waals surface area contributed by atoms with E-state index in [9.17, 15) is 5.11 Å². The van der Waals surface area contributed by atoms with E-state index in [2.05, 4.69) is 0 Å². The minimum atomic E-state index is -0.317. The number of allylic oxidation sites excluding steroid dienone is 1. The molecule has 0 rings (SSSR count). The van der Waals surface area contributed by atoms with Crippen LogP contribution in [0.3, 0.4) is 0 Å². The lowest BCUT2D eigenvalue weighted by molar-refractivity contribution is 0.105. The van der Waals surface area contributed by atoms with Crippen molar-refractivity contribution in [3.05, 3.63) is 12.2 Å². The Labute approximate surface area is 57.4 Å². The van der Waals surface area contributed by atoms with E-state index in [0.29, 0.717) is 0 Å². The minimum Gasteiger partial charge on any atom is -0.388 e. The zero-order valence-electron chi connectivity index (χ0n) is 6.68. The smallest absolute Gasteiger partial charge is 0.0769 e. The highest BCUT2D eigenvalue weighted by atomic mass is 16.3. The van der Waals surface area contributed by atoms with Gasteiger partial charge in [-0.05, 0) is 12.3 Å². The van der Waals surface area contributed by atoms with Gasteiger partial charge in [0.05, 0.1) is 6.10 Å². The number of hydrogen-bond acceptors (Lipinski definition) is 1. The third-order valence-corrected chi connectivity index (χ3v) is 1.26. The summed E-state index contributed by atoms with van der Waals surface area (Å²) >= 11 is 0. The van der Waals surface area contributed by atoms with Crippen molar-refractivity contribution in [2.45, 2.75) is 33.8 Å². The van der Waals surface area contributed by atoms with E-state index in [1.165, 1.54) is 0 Å². The second-order valence-corrected chi connectivity index (χ2v) is 3.34. The van der Waals surface area contributed by atoms with Gasteiger partial charge in [0.25, 0.3) is 0 Å². The molecule has 1 N–H and O–H groups in total. The molecule has 54 valence electrons. The topological polar surface area (TPSA) is 20.2 Å². The summed E-state index contributed by atoms with van der Waals surface area (Å²) in [4.78, 5) is 0. The van der Waals surface area contributed by atoms with Crippen molar-refractivity contribution in [3.8, 4) is 0 Å². The predicted molar refractivity (Wildman–Crippen MR) is 40.3 cm³/mol. The first-order valence-electron chi connectivity index (χ1n) is 3.29. The second kappa shape index (κ2) is 3.02. The normalized spacial score (nSPS) is 16.6. The highest BCUT2D eigenvalue weighted by Crippen LogP contribution is 2.19. The maximum atomic E-state index is 9.30. The van der Waals surface area contributed by atoms with Gasteiger partial charge in [-0.15, -0.1) is 0 Å². The molecule has 0 saturated carbocycles. The highest BCUT2D eigenvalue weighted by molar-refractivity contribution is 4.92. The van der Waals surface area contributed by atoms with Crippen molar-refractivity contribution in [1.82, 2.24) is 0 Å². The summed E-state index contributed by atoms with van der Waals surface area (Å²) < 4.78 is 0. The zero-order valence-corrected chi connectivity index (χ0v) is 6.68. The molecule has 0 fully saturated rings. The van der Waals surface area contributed by atoms with Crippen molar-refractivity contribution >= 4 is 0 Å². The number of aliphatic hydroxyl groups is 1. The van der Waals surface area contributed by atoms with Crippen LogP contribution >= 0.6 is 0 Å². The molecule has 1 nitrogen and oxygen atoms in total. The number of hydrogen-bond donors (Lipinski definition) is 1. The standard InChI is InChI=1S/C8H16O/c1-5-6-7(9)8(2,3)4/h5-7,9H,1-4H3/b6-5-. The van der Waals surface area contributed by atoms with E-state index in [1.807, 2.05) is 33.8 Å². The molecule has 0 aliphatic carbocycles. The third kappa shape index (κ3) is 3.31. The molecule has 0 aliphatic rings. The first-order valence-corrected chi connectivity index (χ1v) is 3.29. The van der Waals surface area contributed by atoms with Gasteiger partial charge in [-0.25, -0.2) is 0 Å². The van der Waals surface area contributed by atoms with E-state index in [4.69, 9.17) is 0 Å². The molecule has 0 aromatic carbocycles. The average molecular weight is 128 g/mol. The lowest BCUT2D eigenvalue weighted by atomic mass is 9.89. The van der Waals surface area contributed by atoms with E-state index in [-0.39, 0.29) is 11.5 Å². The van der Waals surface area contributed by atoms with Crippen LogP contribution in [-0.2, 0) is 0 Å². The first kappa shape index (κ1) is 8.70. The Hall–Kier alpha value is -0.300. The summed E-state index contributed by atoms with van der Waals surface area (Å²) in [6.07, 6.45) is 3.36. The summed E-state index contributed by atoms with van der Waals surface area (Å²) in [6, 6.07) is 0. The van der Waals surface area contributed by atoms with Crippen LogP contribution in [0.5, 0.6) is 0 Å². The van der Waals surface area contributed by atoms with Crippen LogP contribution in [0.25, 0.3) is 0 Å². The van der Waals surface area contributed by atoms with Crippen LogP contribution in [-0.4, -0.2) is 11.2 Å². The van der Waals surface area contributed by atoms with Crippen LogP contribution in [0.15, 0.2) is 12.2 Å². The van der Waals surface area contributed by atoms with Crippen LogP contribution in [0, 0.1) is 5.41 Å². The van der Waals surface area contributed by atoms with Crippen LogP contribution < -0.4 is 0 Å². The summed E-state index contributed by atoms with van der Waals surface area (Å²) in [5.74, 6) is 0. The Morgan fingerprint density at radius 3 is 1.89 bits per heavy atom. The maximum absolute atomic E-state index is 9.30. The molecule has 1 heteroatoms. The summed E-state index contributed by atoms with van der Waals surface area (Å²) in [6.45, 7) is 7.95. The molecule has 1 atom stereocenters. The summed E-state index contributed by atoms with van der Waals surface area (Å²) in [7, 11) is 0. The molecular formula is C8H16O. The fourth-order valence-corrected chi connectivity index (χ4v) is 0.471. The van der Waals surface area contributed by atoms with E-state index in [1.54, 1.807) is 6.08 Å². The highest BCUT2D eigenvalue weighted by Gasteiger charge is 2.18. The van der Waals surface area contributed by atoms with Crippen molar-refractivity contribution in [3.63, 3.8) is 0 Å². The van der Waals surface area contributed by atoms with Gasteiger partial charge in [0, 0.05) is 0 Å². The van der Waals surface area contributed by atoms with Crippen molar-refractivity contribution in [2.75, 3.05) is 0 Å². The molecule has 0 aromatic heterocycles. The molecule has 0 aromatic rings. The van der Waals surface area contributed by atoms with Crippen LogP contribution in [0.1, 0.15) is 27.7 Å². The fraction of sp³-hybridized carbons (Fsp3) is 0.750. The first-order chi connectivity index (χ1) is 3.98. The SMILES string of the molecule is C/C=C\C(O)C(C)(C)C. The van der Waals surface area contributed by atoms with Gasteiger partial charge in [-0.1, -0.05) is 32.9 Å². The van der Waals surface area contributed by atoms with Gasteiger partial charge in [0.15, 0.2) is 0 Å². The zero-order chi connectivity index (χ0) is 7.49. The van der Waals surface area contributed by atoms with E-state index >= 15 is 0 Å². The molecule has 0 spiro atoms. The fourth-order valence-electron chi connectivity index (χ4n) is 0.471. The summed E-state index contributed by atoms with van der Waals surface area (Å²) in [5.41, 5.74) is -0.0213. The van der Waals surface area contributed by atoms with Crippen LogP contribution in [0.4, 0.5) is 0 Å². The lowest BCUT2D eigenvalue weighted by Gasteiger charge is -2.22. The minimum absolute atomic E-state index is 0.0213. The van der Waals surface area contributed by atoms with Crippen molar-refractivity contribution in [1.29, 1.82) is 0 Å². The Morgan fingerprint density at radius 1 is 1.33 bits per heavy atom. The quantitative estimate of drug-likeness (QED) is 0.535. The molecule has 1 unspecified atom stereocenters. The molecule has 0 bridgehead atoms. The Morgan fingerprint density at radius 2 is 1.78 bits per heavy atom. The number of aliphatic hydroxyl groups excluding tert-OH is 1. The molecule has 0 saturated heterocycles. The van der Waals surface area contributed by atoms with Crippen molar-refractivity contribution in [2.24, 2.45) is 5.41 Å². The van der Waals surface area contributed by atoms with Gasteiger partial charge in [0.1, 0.15) is 0 Å². The maximum Gasteiger partial charge on any atom is 0.0769 e. The van der Waals surface area contributed by atoms with Gasteiger partial charge < -0.3 is 5.11 Å². The Kier molecular flexibility index (Phi) is 2.92. The van der Waals surface area contributed by atoms with Gasteiger partial charge >= 0.3 is 0 Å². The van der Waals surface area contributed by atoms with Gasteiger partial charge in [-0.2, -0.15) is 0 Å². The molecule has 0 aliphatic heterocycles. The Balaban J connectivity index is 3.88. The van der Waals surface area contributed by atoms with E-state index < -0.39 is 0 Å². The monoisotopic (exact) mass is 128 g/mol. The summed E-state index contributed by atoms with van der Waals surface area (Å²) in [5, 5.41) is 9.30. The third-order valence-electron chi connectivity index (χ3n) is 1.26. The molecular weight excluding hydrogens is 112 g/mol. The lowest BCUT2D eigenvalue weighted by Crippen LogP contribution is -2.23. The average Bonchev–Trinajstić information content (AvgIpc) is 1.64. The predicted octanol–water partition coefficient (Wildman–Crippen LogP) is 1.97. The van der Waals surface area contributed by atoms with Crippen molar-refractivity contribution < 1.29 is 5.11 Å². The molecule has 0 amide bonds. The van der Waals surface area contributed by atoms with Gasteiger partial charge in [-0.3, -0.25) is 0 Å². The van der Waals surface area contributed by atoms with E-state index in [0.717, 1.165) is 0 Å². The van der Waals surface area contributed by atoms with Crippen LogP contribution in [0.2, 0.25) is 0 Å². The number of rotatable bonds is 1. The second-order valence-electron chi connectivity index (χ2n) is 3.34. The molecule has 0 heterocycles. The molecule has 0 radical (unpaired) electrons. The van der Waals surface area contributed by atoms with Gasteiger partial charge in [0.2, 0.25) is 0 Å². The Bertz CT molecular complexity index is 97.6. The molecule has 9 heavy (non-hydrogen) atoms. The largest absolute Gasteiger partial charge is 0.388 e.